The number of nitrogens with one attached hydrogen (secondary N) is 2. The topological polar surface area (TPSA) is 92.8 Å². The number of anilines is 1. The first-order chi connectivity index (χ1) is 12.8. The maximum atomic E-state index is 12.3. The molecule has 0 saturated heterocycles. The highest BCUT2D eigenvalue weighted by Crippen LogP contribution is 2.46. The van der Waals surface area contributed by atoms with Gasteiger partial charge in [0.05, 0.1) is 18.5 Å². The van der Waals surface area contributed by atoms with Crippen molar-refractivity contribution in [2.24, 2.45) is 5.92 Å². The van der Waals surface area contributed by atoms with Crippen LogP contribution in [0.2, 0.25) is 0 Å². The SMILES string of the molecule is O=C(Nc1ccc(OCCc2ccccc2)nc1)[C@H]1C[C@@H]1c1ncn[nH]1. The largest absolute Gasteiger partial charge is 0.477 e. The zero-order valence-corrected chi connectivity index (χ0v) is 14.1. The molecular weight excluding hydrogens is 330 g/mol. The fraction of sp³-hybridized carbons (Fsp3) is 0.263. The van der Waals surface area contributed by atoms with E-state index < -0.39 is 0 Å². The van der Waals surface area contributed by atoms with Crippen molar-refractivity contribution in [1.82, 2.24) is 20.2 Å². The quantitative estimate of drug-likeness (QED) is 0.684. The summed E-state index contributed by atoms with van der Waals surface area (Å²) < 4.78 is 5.65. The minimum Gasteiger partial charge on any atom is -0.477 e. The Balaban J connectivity index is 1.25. The summed E-state index contributed by atoms with van der Waals surface area (Å²) in [6.45, 7) is 0.559. The Bertz CT molecular complexity index is 849. The van der Waals surface area contributed by atoms with E-state index in [2.05, 4.69) is 37.6 Å². The molecule has 2 aromatic heterocycles. The summed E-state index contributed by atoms with van der Waals surface area (Å²) in [4.78, 5) is 20.6. The molecule has 2 N–H and O–H groups in total. The predicted octanol–water partition coefficient (Wildman–Crippen LogP) is 2.56. The summed E-state index contributed by atoms with van der Waals surface area (Å²) in [5.74, 6) is 1.36. The zero-order valence-electron chi connectivity index (χ0n) is 14.1. The molecule has 7 nitrogen and oxygen atoms in total. The first kappa shape index (κ1) is 16.3. The van der Waals surface area contributed by atoms with Gasteiger partial charge in [-0.1, -0.05) is 30.3 Å². The highest BCUT2D eigenvalue weighted by atomic mass is 16.5. The van der Waals surface area contributed by atoms with Crippen LogP contribution < -0.4 is 10.1 Å². The second kappa shape index (κ2) is 7.35. The lowest BCUT2D eigenvalue weighted by Crippen LogP contribution is -2.15. The fourth-order valence-electron chi connectivity index (χ4n) is 2.87. The molecule has 0 radical (unpaired) electrons. The van der Waals surface area contributed by atoms with Crippen LogP contribution in [0.4, 0.5) is 5.69 Å². The van der Waals surface area contributed by atoms with Crippen LogP contribution in [-0.4, -0.2) is 32.7 Å². The Morgan fingerprint density at radius 2 is 2.08 bits per heavy atom. The van der Waals surface area contributed by atoms with E-state index in [1.54, 1.807) is 18.3 Å². The maximum absolute atomic E-state index is 12.3. The number of pyridine rings is 1. The van der Waals surface area contributed by atoms with Gasteiger partial charge in [0.1, 0.15) is 12.2 Å². The standard InChI is InChI=1S/C19H19N5O2/c25-19(16-10-15(16)18-21-12-22-24-18)23-14-6-7-17(20-11-14)26-9-8-13-4-2-1-3-5-13/h1-7,11-12,15-16H,8-10H2,(H,23,25)(H,21,22,24)/t15-,16-/m0/s1. The maximum Gasteiger partial charge on any atom is 0.228 e. The molecule has 3 aromatic rings. The summed E-state index contributed by atoms with van der Waals surface area (Å²) in [6.07, 6.45) is 4.69. The molecule has 4 rings (SSSR count). The van der Waals surface area contributed by atoms with E-state index in [1.807, 2.05) is 18.2 Å². The number of H-pyrrole nitrogens is 1. The molecule has 0 unspecified atom stereocenters. The highest BCUT2D eigenvalue weighted by Gasteiger charge is 2.46. The lowest BCUT2D eigenvalue weighted by atomic mass is 10.2. The van der Waals surface area contributed by atoms with Gasteiger partial charge < -0.3 is 10.1 Å². The molecule has 2 atom stereocenters. The average molecular weight is 349 g/mol. The van der Waals surface area contributed by atoms with Gasteiger partial charge in [-0.05, 0) is 18.1 Å². The number of hydrogen-bond donors (Lipinski definition) is 2. The number of ether oxygens (including phenoxy) is 1. The average Bonchev–Trinajstić information content (AvgIpc) is 3.29. The van der Waals surface area contributed by atoms with Crippen LogP contribution in [0.15, 0.2) is 55.0 Å². The summed E-state index contributed by atoms with van der Waals surface area (Å²) in [5.41, 5.74) is 1.88. The van der Waals surface area contributed by atoms with Crippen molar-refractivity contribution in [2.45, 2.75) is 18.8 Å². The number of hydrogen-bond acceptors (Lipinski definition) is 5. The van der Waals surface area contributed by atoms with Gasteiger partial charge in [-0.2, -0.15) is 5.10 Å². The summed E-state index contributed by atoms with van der Waals surface area (Å²) in [6, 6.07) is 13.7. The van der Waals surface area contributed by atoms with E-state index in [0.29, 0.717) is 18.2 Å². The van der Waals surface area contributed by atoms with Gasteiger partial charge in [0.15, 0.2) is 0 Å². The molecular formula is C19H19N5O2. The smallest absolute Gasteiger partial charge is 0.228 e. The van der Waals surface area contributed by atoms with Gasteiger partial charge >= 0.3 is 0 Å². The molecule has 0 bridgehead atoms. The minimum atomic E-state index is -0.0650. The number of aromatic amines is 1. The fourth-order valence-corrected chi connectivity index (χ4v) is 2.87. The van der Waals surface area contributed by atoms with E-state index in [1.165, 1.54) is 11.9 Å². The summed E-state index contributed by atoms with van der Waals surface area (Å²) in [7, 11) is 0. The molecule has 0 aliphatic heterocycles. The molecule has 1 aliphatic carbocycles. The molecule has 0 spiro atoms. The van der Waals surface area contributed by atoms with E-state index in [-0.39, 0.29) is 17.7 Å². The van der Waals surface area contributed by atoms with Crippen molar-refractivity contribution in [3.05, 3.63) is 66.4 Å². The number of rotatable bonds is 7. The van der Waals surface area contributed by atoms with Crippen molar-refractivity contribution < 1.29 is 9.53 Å². The Hall–Kier alpha value is -3.22. The van der Waals surface area contributed by atoms with Gasteiger partial charge in [-0.15, -0.1) is 0 Å². The molecule has 1 aromatic carbocycles. The van der Waals surface area contributed by atoms with Crippen LogP contribution in [0.5, 0.6) is 5.88 Å². The van der Waals surface area contributed by atoms with Crippen LogP contribution in [0.1, 0.15) is 23.7 Å². The third kappa shape index (κ3) is 3.88. The first-order valence-corrected chi connectivity index (χ1v) is 8.58. The summed E-state index contributed by atoms with van der Waals surface area (Å²) >= 11 is 0. The van der Waals surface area contributed by atoms with Crippen LogP contribution in [0.25, 0.3) is 0 Å². The number of carbonyl (C=O) groups is 1. The third-order valence-electron chi connectivity index (χ3n) is 4.40. The van der Waals surface area contributed by atoms with Gasteiger partial charge in [-0.3, -0.25) is 9.89 Å². The predicted molar refractivity (Wildman–Crippen MR) is 95.7 cm³/mol. The van der Waals surface area contributed by atoms with E-state index in [0.717, 1.165) is 18.7 Å². The van der Waals surface area contributed by atoms with Crippen molar-refractivity contribution >= 4 is 11.6 Å². The molecule has 1 fully saturated rings. The first-order valence-electron chi connectivity index (χ1n) is 8.58. The normalized spacial score (nSPS) is 18.3. The molecule has 1 saturated carbocycles. The minimum absolute atomic E-state index is 0.0223. The van der Waals surface area contributed by atoms with Crippen molar-refractivity contribution in [3.8, 4) is 5.88 Å². The number of carbonyl (C=O) groups excluding carboxylic acids is 1. The second-order valence-corrected chi connectivity index (χ2v) is 6.28. The lowest BCUT2D eigenvalue weighted by Gasteiger charge is -2.07. The lowest BCUT2D eigenvalue weighted by molar-refractivity contribution is -0.117. The van der Waals surface area contributed by atoms with Crippen LogP contribution in [0.3, 0.4) is 0 Å². The number of benzene rings is 1. The number of aromatic nitrogens is 4. The molecule has 132 valence electrons. The molecule has 7 heteroatoms. The van der Waals surface area contributed by atoms with Crippen molar-refractivity contribution in [2.75, 3.05) is 11.9 Å². The van der Waals surface area contributed by atoms with Gasteiger partial charge in [0.25, 0.3) is 0 Å². The van der Waals surface area contributed by atoms with Gasteiger partial charge in [0, 0.05) is 24.3 Å². The van der Waals surface area contributed by atoms with E-state index in [9.17, 15) is 4.79 Å². The number of amides is 1. The second-order valence-electron chi connectivity index (χ2n) is 6.28. The molecule has 1 amide bonds. The van der Waals surface area contributed by atoms with Gasteiger partial charge in [-0.25, -0.2) is 9.97 Å². The Kier molecular flexibility index (Phi) is 4.59. The van der Waals surface area contributed by atoms with Crippen LogP contribution >= 0.6 is 0 Å². The monoisotopic (exact) mass is 349 g/mol. The highest BCUT2D eigenvalue weighted by molar-refractivity contribution is 5.94. The van der Waals surface area contributed by atoms with Crippen molar-refractivity contribution in [3.63, 3.8) is 0 Å². The molecule has 26 heavy (non-hydrogen) atoms. The Morgan fingerprint density at radius 3 is 2.81 bits per heavy atom. The Morgan fingerprint density at radius 1 is 1.19 bits per heavy atom. The number of nitrogens with zero attached hydrogens (tertiary/aromatic N) is 3. The molecule has 2 heterocycles. The van der Waals surface area contributed by atoms with Crippen LogP contribution in [-0.2, 0) is 11.2 Å². The van der Waals surface area contributed by atoms with Crippen molar-refractivity contribution in [1.29, 1.82) is 0 Å². The van der Waals surface area contributed by atoms with E-state index >= 15 is 0 Å². The van der Waals surface area contributed by atoms with Gasteiger partial charge in [0.2, 0.25) is 11.8 Å². The Labute approximate surface area is 150 Å². The van der Waals surface area contributed by atoms with Crippen LogP contribution in [0, 0.1) is 5.92 Å². The zero-order chi connectivity index (χ0) is 17.8. The van der Waals surface area contributed by atoms with E-state index in [4.69, 9.17) is 4.74 Å². The summed E-state index contributed by atoms with van der Waals surface area (Å²) in [5, 5.41) is 9.53. The third-order valence-corrected chi connectivity index (χ3v) is 4.40. The molecule has 1 aliphatic rings.